The van der Waals surface area contributed by atoms with Crippen LogP contribution in [-0.2, 0) is 0 Å². The SMILES string of the molecule is CCN(C)/C=N/c1cc(C)c(OCC(F)(F)C(F)(F)F)cc1C. The van der Waals surface area contributed by atoms with E-state index in [4.69, 9.17) is 0 Å². The summed E-state index contributed by atoms with van der Waals surface area (Å²) in [5, 5.41) is 0. The fourth-order valence-corrected chi connectivity index (χ4v) is 1.56. The van der Waals surface area contributed by atoms with Crippen LogP contribution in [0, 0.1) is 13.8 Å². The molecule has 0 unspecified atom stereocenters. The molecule has 0 aliphatic rings. The fraction of sp³-hybridized carbons (Fsp3) is 0.533. The third-order valence-electron chi connectivity index (χ3n) is 3.21. The average molecular weight is 338 g/mol. The van der Waals surface area contributed by atoms with Crippen LogP contribution in [0.15, 0.2) is 17.1 Å². The zero-order valence-electron chi connectivity index (χ0n) is 13.3. The van der Waals surface area contributed by atoms with E-state index in [1.54, 1.807) is 26.3 Å². The Kier molecular flexibility index (Phi) is 5.96. The molecule has 23 heavy (non-hydrogen) atoms. The van der Waals surface area contributed by atoms with Gasteiger partial charge >= 0.3 is 12.1 Å². The van der Waals surface area contributed by atoms with Gasteiger partial charge in [-0.2, -0.15) is 22.0 Å². The van der Waals surface area contributed by atoms with E-state index in [0.29, 0.717) is 16.8 Å². The van der Waals surface area contributed by atoms with Crippen LogP contribution in [0.1, 0.15) is 18.1 Å². The molecule has 0 bridgehead atoms. The van der Waals surface area contributed by atoms with Gasteiger partial charge in [-0.1, -0.05) is 0 Å². The van der Waals surface area contributed by atoms with Gasteiger partial charge in [-0.05, 0) is 44.0 Å². The molecule has 3 nitrogen and oxygen atoms in total. The highest BCUT2D eigenvalue weighted by Gasteiger charge is 2.58. The number of hydrogen-bond donors (Lipinski definition) is 0. The zero-order chi connectivity index (χ0) is 17.8. The van der Waals surface area contributed by atoms with Crippen LogP contribution in [0.5, 0.6) is 5.75 Å². The molecule has 1 aromatic carbocycles. The summed E-state index contributed by atoms with van der Waals surface area (Å²) < 4.78 is 66.9. The van der Waals surface area contributed by atoms with E-state index in [-0.39, 0.29) is 5.75 Å². The van der Waals surface area contributed by atoms with Crippen molar-refractivity contribution < 1.29 is 26.7 Å². The summed E-state index contributed by atoms with van der Waals surface area (Å²) in [7, 11) is 1.84. The second-order valence-corrected chi connectivity index (χ2v) is 5.21. The summed E-state index contributed by atoms with van der Waals surface area (Å²) in [5.74, 6) is -4.91. The van der Waals surface area contributed by atoms with Crippen molar-refractivity contribution in [1.82, 2.24) is 4.90 Å². The van der Waals surface area contributed by atoms with Gasteiger partial charge in [0.1, 0.15) is 5.75 Å². The number of alkyl halides is 5. The number of halogens is 5. The molecule has 0 aromatic heterocycles. The number of rotatable bonds is 6. The quantitative estimate of drug-likeness (QED) is 0.434. The van der Waals surface area contributed by atoms with Crippen molar-refractivity contribution in [2.75, 3.05) is 20.2 Å². The Morgan fingerprint density at radius 3 is 2.26 bits per heavy atom. The van der Waals surface area contributed by atoms with E-state index in [0.717, 1.165) is 6.54 Å². The second kappa shape index (κ2) is 7.14. The number of hydrogen-bond acceptors (Lipinski definition) is 2. The molecule has 0 aliphatic heterocycles. The lowest BCUT2D eigenvalue weighted by Crippen LogP contribution is -2.41. The van der Waals surface area contributed by atoms with Gasteiger partial charge in [-0.3, -0.25) is 0 Å². The minimum atomic E-state index is -5.63. The molecule has 1 aromatic rings. The lowest BCUT2D eigenvalue weighted by molar-refractivity contribution is -0.290. The Labute approximate surface area is 131 Å². The first kappa shape index (κ1) is 19.2. The number of ether oxygens (including phenoxy) is 1. The number of aliphatic imine (C=N–C) groups is 1. The Bertz CT molecular complexity index is 570. The number of aryl methyl sites for hydroxylation is 2. The first-order chi connectivity index (χ1) is 10.5. The molecule has 0 saturated carbocycles. The highest BCUT2D eigenvalue weighted by Crippen LogP contribution is 2.36. The molecule has 0 saturated heterocycles. The van der Waals surface area contributed by atoms with E-state index in [9.17, 15) is 22.0 Å². The molecule has 0 spiro atoms. The Hall–Kier alpha value is -1.86. The van der Waals surface area contributed by atoms with Crippen LogP contribution < -0.4 is 4.74 Å². The van der Waals surface area contributed by atoms with Gasteiger partial charge in [0.25, 0.3) is 0 Å². The Balaban J connectivity index is 2.91. The molecule has 0 amide bonds. The van der Waals surface area contributed by atoms with E-state index in [1.165, 1.54) is 6.07 Å². The molecule has 130 valence electrons. The largest absolute Gasteiger partial charge is 0.487 e. The molecular weight excluding hydrogens is 319 g/mol. The van der Waals surface area contributed by atoms with Crippen molar-refractivity contribution >= 4 is 12.0 Å². The van der Waals surface area contributed by atoms with Crippen molar-refractivity contribution in [3.8, 4) is 5.75 Å². The molecule has 1 rings (SSSR count). The summed E-state index contributed by atoms with van der Waals surface area (Å²) in [6.07, 6.45) is -4.02. The number of benzene rings is 1. The maximum atomic E-state index is 12.9. The normalized spacial score (nSPS) is 12.7. The van der Waals surface area contributed by atoms with Gasteiger partial charge in [-0.25, -0.2) is 4.99 Å². The molecule has 0 aliphatic carbocycles. The predicted molar refractivity (Wildman–Crippen MR) is 78.9 cm³/mol. The van der Waals surface area contributed by atoms with Crippen molar-refractivity contribution in [3.63, 3.8) is 0 Å². The van der Waals surface area contributed by atoms with E-state index in [1.807, 2.05) is 18.9 Å². The van der Waals surface area contributed by atoms with Gasteiger partial charge in [0.15, 0.2) is 6.61 Å². The van der Waals surface area contributed by atoms with Gasteiger partial charge < -0.3 is 9.64 Å². The average Bonchev–Trinajstić information content (AvgIpc) is 2.44. The summed E-state index contributed by atoms with van der Waals surface area (Å²) in [4.78, 5) is 6.08. The summed E-state index contributed by atoms with van der Waals surface area (Å²) in [6.45, 7) is 4.19. The standard InChI is InChI=1S/C15H19F5N2O/c1-5-22(4)9-21-12-6-11(3)13(7-10(12)2)23-8-14(16,17)15(18,19)20/h6-7,9H,5,8H2,1-4H3/b21-9+. The lowest BCUT2D eigenvalue weighted by atomic mass is 10.1. The van der Waals surface area contributed by atoms with Crippen LogP contribution in [0.4, 0.5) is 27.6 Å². The summed E-state index contributed by atoms with van der Waals surface area (Å²) >= 11 is 0. The monoisotopic (exact) mass is 338 g/mol. The molecule has 0 N–H and O–H groups in total. The van der Waals surface area contributed by atoms with Crippen LogP contribution in [0.2, 0.25) is 0 Å². The van der Waals surface area contributed by atoms with E-state index >= 15 is 0 Å². The van der Waals surface area contributed by atoms with Crippen molar-refractivity contribution in [2.24, 2.45) is 4.99 Å². The topological polar surface area (TPSA) is 24.8 Å². The highest BCUT2D eigenvalue weighted by molar-refractivity contribution is 5.64. The summed E-state index contributed by atoms with van der Waals surface area (Å²) in [6, 6.07) is 2.98. The summed E-state index contributed by atoms with van der Waals surface area (Å²) in [5.41, 5.74) is 1.64. The Morgan fingerprint density at radius 1 is 1.13 bits per heavy atom. The smallest absolute Gasteiger partial charge is 0.456 e. The van der Waals surface area contributed by atoms with Gasteiger partial charge in [-0.15, -0.1) is 0 Å². The lowest BCUT2D eigenvalue weighted by Gasteiger charge is -2.20. The van der Waals surface area contributed by atoms with Crippen LogP contribution in [0.25, 0.3) is 0 Å². The predicted octanol–water partition coefficient (Wildman–Crippen LogP) is 4.49. The van der Waals surface area contributed by atoms with Crippen LogP contribution in [-0.4, -0.2) is 43.5 Å². The van der Waals surface area contributed by atoms with E-state index < -0.39 is 18.7 Å². The third-order valence-corrected chi connectivity index (χ3v) is 3.21. The van der Waals surface area contributed by atoms with E-state index in [2.05, 4.69) is 9.73 Å². The molecule has 0 heterocycles. The molecule has 0 fully saturated rings. The maximum absolute atomic E-state index is 12.9. The third kappa shape index (κ3) is 5.07. The van der Waals surface area contributed by atoms with Gasteiger partial charge in [0, 0.05) is 13.6 Å². The van der Waals surface area contributed by atoms with Crippen molar-refractivity contribution in [1.29, 1.82) is 0 Å². The van der Waals surface area contributed by atoms with Crippen LogP contribution >= 0.6 is 0 Å². The number of nitrogens with zero attached hydrogens (tertiary/aromatic N) is 2. The maximum Gasteiger partial charge on any atom is 0.456 e. The molecule has 0 atom stereocenters. The fourth-order valence-electron chi connectivity index (χ4n) is 1.56. The first-order valence-electron chi connectivity index (χ1n) is 6.91. The van der Waals surface area contributed by atoms with Gasteiger partial charge in [0.05, 0.1) is 12.0 Å². The van der Waals surface area contributed by atoms with Crippen LogP contribution in [0.3, 0.4) is 0 Å². The minimum Gasteiger partial charge on any atom is -0.487 e. The molecular formula is C15H19F5N2O. The van der Waals surface area contributed by atoms with Gasteiger partial charge in [0.2, 0.25) is 0 Å². The minimum absolute atomic E-state index is 0.0192. The Morgan fingerprint density at radius 2 is 1.74 bits per heavy atom. The first-order valence-corrected chi connectivity index (χ1v) is 6.91. The molecule has 8 heteroatoms. The zero-order valence-corrected chi connectivity index (χ0v) is 13.3. The second-order valence-electron chi connectivity index (χ2n) is 5.21. The molecule has 0 radical (unpaired) electrons. The van der Waals surface area contributed by atoms with Crippen molar-refractivity contribution in [2.45, 2.75) is 32.9 Å². The highest BCUT2D eigenvalue weighted by atomic mass is 19.4. The van der Waals surface area contributed by atoms with Crippen molar-refractivity contribution in [3.05, 3.63) is 23.3 Å².